The molecule has 0 spiro atoms. The summed E-state index contributed by atoms with van der Waals surface area (Å²) < 4.78 is 5.13. The highest BCUT2D eigenvalue weighted by molar-refractivity contribution is 6.37. The Morgan fingerprint density at radius 2 is 1.70 bits per heavy atom. The van der Waals surface area contributed by atoms with Gasteiger partial charge < -0.3 is 26.0 Å². The van der Waals surface area contributed by atoms with Gasteiger partial charge in [-0.25, -0.2) is 4.79 Å². The summed E-state index contributed by atoms with van der Waals surface area (Å²) >= 11 is 0. The van der Waals surface area contributed by atoms with Crippen LogP contribution < -0.4 is 16.4 Å². The number of Topliss-reactive ketones (excluding diaryl/α,β-unsaturated/α-hetero) is 1. The van der Waals surface area contributed by atoms with Crippen LogP contribution in [0.25, 0.3) is 0 Å². The third kappa shape index (κ3) is 5.65. The first-order chi connectivity index (χ1) is 15.2. The van der Waals surface area contributed by atoms with Crippen LogP contribution in [0.4, 0.5) is 4.79 Å². The van der Waals surface area contributed by atoms with Gasteiger partial charge in [0.05, 0.1) is 12.1 Å². The van der Waals surface area contributed by atoms with Crippen molar-refractivity contribution >= 4 is 29.6 Å². The normalized spacial score (nSPS) is 24.6. The molecule has 4 amide bonds. The van der Waals surface area contributed by atoms with Crippen LogP contribution in [0, 0.1) is 23.2 Å². The van der Waals surface area contributed by atoms with Crippen molar-refractivity contribution in [3.05, 3.63) is 0 Å². The summed E-state index contributed by atoms with van der Waals surface area (Å²) in [6, 6.07) is -2.70. The summed E-state index contributed by atoms with van der Waals surface area (Å²) in [5, 5.41) is 5.29. The average molecular weight is 467 g/mol. The standard InChI is InChI=1S/C23H38N4O6/c1-8-9-14(18(28)19(24)29)25-20(30)17-15-13(23(15,6)7)10-27(17)21(31)16(11(2)3)26-22(32)33-12(4)5/h11-17H,8-10H2,1-7H3,(H2,24,29)(H,25,30)(H,26,32)/t13-,14?,15-,16-,17-/m0/s1. The molecule has 10 nitrogen and oxygen atoms in total. The molecule has 0 radical (unpaired) electrons. The second kappa shape index (κ2) is 10.1. The van der Waals surface area contributed by atoms with Crippen molar-refractivity contribution in [2.75, 3.05) is 6.54 Å². The van der Waals surface area contributed by atoms with E-state index >= 15 is 0 Å². The number of ketones is 1. The maximum atomic E-state index is 13.5. The van der Waals surface area contributed by atoms with Crippen LogP contribution in [0.1, 0.15) is 61.3 Å². The molecule has 2 fully saturated rings. The van der Waals surface area contributed by atoms with Gasteiger partial charge in [-0.05, 0) is 43.4 Å². The second-order valence-corrected chi connectivity index (χ2v) is 10.3. The van der Waals surface area contributed by atoms with Crippen molar-refractivity contribution in [3.8, 4) is 0 Å². The van der Waals surface area contributed by atoms with Crippen LogP contribution in [0.2, 0.25) is 0 Å². The van der Waals surface area contributed by atoms with E-state index in [1.54, 1.807) is 27.7 Å². The number of nitrogens with one attached hydrogen (secondary N) is 2. The fourth-order valence-electron chi connectivity index (χ4n) is 4.87. The predicted molar refractivity (Wildman–Crippen MR) is 121 cm³/mol. The van der Waals surface area contributed by atoms with Crippen molar-refractivity contribution in [1.82, 2.24) is 15.5 Å². The second-order valence-electron chi connectivity index (χ2n) is 10.3. The molecule has 2 rings (SSSR count). The van der Waals surface area contributed by atoms with E-state index in [2.05, 4.69) is 10.6 Å². The maximum absolute atomic E-state index is 13.5. The number of carbonyl (C=O) groups excluding carboxylic acids is 5. The SMILES string of the molecule is CCCC(NC(=O)[C@@H]1[C@@H]2[C@H](CN1C(=O)[C@@H](NC(=O)OC(C)C)C(C)C)C2(C)C)C(=O)C(N)=O. The van der Waals surface area contributed by atoms with E-state index in [-0.39, 0.29) is 41.6 Å². The number of piperidine rings is 1. The molecule has 1 unspecified atom stereocenters. The van der Waals surface area contributed by atoms with Crippen molar-refractivity contribution in [2.45, 2.75) is 85.5 Å². The Bertz CT molecular complexity index is 809. The molecule has 186 valence electrons. The van der Waals surface area contributed by atoms with Crippen LogP contribution in [0.15, 0.2) is 0 Å². The Balaban J connectivity index is 2.26. The number of carbonyl (C=O) groups is 5. The molecule has 0 aromatic heterocycles. The van der Waals surface area contributed by atoms with Crippen LogP contribution in [0.3, 0.4) is 0 Å². The summed E-state index contributed by atoms with van der Waals surface area (Å²) in [6.07, 6.45) is -0.211. The number of primary amides is 1. The molecule has 2 aliphatic rings. The molecule has 1 aliphatic carbocycles. The quantitative estimate of drug-likeness (QED) is 0.409. The molecular formula is C23H38N4O6. The molecule has 1 heterocycles. The third-order valence-corrected chi connectivity index (χ3v) is 6.76. The highest BCUT2D eigenvalue weighted by Crippen LogP contribution is 2.64. The van der Waals surface area contributed by atoms with Crippen molar-refractivity contribution in [1.29, 1.82) is 0 Å². The lowest BCUT2D eigenvalue weighted by Crippen LogP contribution is -2.59. The Kier molecular flexibility index (Phi) is 8.13. The molecule has 0 aromatic carbocycles. The van der Waals surface area contributed by atoms with Crippen LogP contribution in [0.5, 0.6) is 0 Å². The molecule has 10 heteroatoms. The Labute approximate surface area is 195 Å². The summed E-state index contributed by atoms with van der Waals surface area (Å²) in [4.78, 5) is 64.1. The molecule has 1 saturated heterocycles. The van der Waals surface area contributed by atoms with Gasteiger partial charge in [-0.1, -0.05) is 41.0 Å². The number of hydrogen-bond acceptors (Lipinski definition) is 6. The molecule has 1 saturated carbocycles. The van der Waals surface area contributed by atoms with Gasteiger partial charge in [-0.3, -0.25) is 19.2 Å². The molecule has 4 N–H and O–H groups in total. The minimum absolute atomic E-state index is 0.0807. The van der Waals surface area contributed by atoms with Crippen LogP contribution in [-0.4, -0.2) is 65.3 Å². The zero-order valence-electron chi connectivity index (χ0n) is 20.6. The Morgan fingerprint density at radius 3 is 2.18 bits per heavy atom. The van der Waals surface area contributed by atoms with Crippen molar-refractivity contribution < 1.29 is 28.7 Å². The monoisotopic (exact) mass is 466 g/mol. The number of rotatable bonds is 10. The minimum Gasteiger partial charge on any atom is -0.447 e. The van der Waals surface area contributed by atoms with Crippen LogP contribution >= 0.6 is 0 Å². The highest BCUT2D eigenvalue weighted by Gasteiger charge is 2.69. The summed E-state index contributed by atoms with van der Waals surface area (Å²) in [5.74, 6) is -3.01. The van der Waals surface area contributed by atoms with E-state index in [0.717, 1.165) is 0 Å². The number of nitrogens with zero attached hydrogens (tertiary/aromatic N) is 1. The maximum Gasteiger partial charge on any atom is 0.408 e. The average Bonchev–Trinajstić information content (AvgIpc) is 3.04. The third-order valence-electron chi connectivity index (χ3n) is 6.76. The number of ether oxygens (including phenoxy) is 1. The summed E-state index contributed by atoms with van der Waals surface area (Å²) in [7, 11) is 0. The molecule has 0 aromatic rings. The van der Waals surface area contributed by atoms with E-state index in [4.69, 9.17) is 10.5 Å². The van der Waals surface area contributed by atoms with Gasteiger partial charge in [0.2, 0.25) is 17.6 Å². The van der Waals surface area contributed by atoms with Gasteiger partial charge in [0.1, 0.15) is 12.1 Å². The van der Waals surface area contributed by atoms with E-state index in [0.29, 0.717) is 13.0 Å². The number of hydrogen-bond donors (Lipinski definition) is 3. The van der Waals surface area contributed by atoms with Gasteiger partial charge in [-0.2, -0.15) is 0 Å². The molecule has 5 atom stereocenters. The number of fused-ring (bicyclic) bond motifs is 1. The number of amides is 4. The lowest BCUT2D eigenvalue weighted by atomic mass is 9.97. The smallest absolute Gasteiger partial charge is 0.408 e. The zero-order chi connectivity index (χ0) is 25.2. The summed E-state index contributed by atoms with van der Waals surface area (Å²) in [6.45, 7) is 13.3. The highest BCUT2D eigenvalue weighted by atomic mass is 16.6. The first-order valence-electron chi connectivity index (χ1n) is 11.7. The van der Waals surface area contributed by atoms with E-state index in [1.165, 1.54) is 4.90 Å². The fraction of sp³-hybridized carbons (Fsp3) is 0.783. The first kappa shape index (κ1) is 26.6. The van der Waals surface area contributed by atoms with E-state index in [9.17, 15) is 24.0 Å². The number of nitrogens with two attached hydrogens (primary N) is 1. The van der Waals surface area contributed by atoms with Gasteiger partial charge >= 0.3 is 6.09 Å². The number of likely N-dealkylation sites (tertiary alicyclic amines) is 1. The van der Waals surface area contributed by atoms with Gasteiger partial charge in [0.15, 0.2) is 0 Å². The largest absolute Gasteiger partial charge is 0.447 e. The van der Waals surface area contributed by atoms with Gasteiger partial charge in [-0.15, -0.1) is 0 Å². The molecule has 0 bridgehead atoms. The molecule has 33 heavy (non-hydrogen) atoms. The van der Waals surface area contributed by atoms with Crippen molar-refractivity contribution in [2.24, 2.45) is 28.9 Å². The number of alkyl carbamates (subject to hydrolysis) is 1. The first-order valence-corrected chi connectivity index (χ1v) is 11.7. The van der Waals surface area contributed by atoms with Gasteiger partial charge in [0.25, 0.3) is 5.91 Å². The van der Waals surface area contributed by atoms with E-state index in [1.807, 2.05) is 20.8 Å². The Hall–Kier alpha value is -2.65. The lowest BCUT2D eigenvalue weighted by Gasteiger charge is -2.34. The summed E-state index contributed by atoms with van der Waals surface area (Å²) in [5.41, 5.74) is 5.01. The fourth-order valence-corrected chi connectivity index (χ4v) is 4.87. The topological polar surface area (TPSA) is 148 Å². The van der Waals surface area contributed by atoms with Crippen LogP contribution in [-0.2, 0) is 23.9 Å². The lowest BCUT2D eigenvalue weighted by molar-refractivity contribution is -0.144. The predicted octanol–water partition coefficient (Wildman–Crippen LogP) is 0.968. The molecule has 1 aliphatic heterocycles. The Morgan fingerprint density at radius 1 is 1.09 bits per heavy atom. The minimum atomic E-state index is -1.11. The van der Waals surface area contributed by atoms with E-state index < -0.39 is 41.8 Å². The zero-order valence-corrected chi connectivity index (χ0v) is 20.6. The van der Waals surface area contributed by atoms with Crippen molar-refractivity contribution in [3.63, 3.8) is 0 Å². The van der Waals surface area contributed by atoms with Gasteiger partial charge in [0, 0.05) is 6.54 Å². The molecular weight excluding hydrogens is 428 g/mol.